The van der Waals surface area contributed by atoms with E-state index in [1.807, 2.05) is 38.1 Å². The molecule has 4 nitrogen and oxygen atoms in total. The van der Waals surface area contributed by atoms with E-state index in [-0.39, 0.29) is 5.91 Å². The average molecular weight is 275 g/mol. The highest BCUT2D eigenvalue weighted by atomic mass is 16.4. The number of likely N-dealkylation sites (tertiary alicyclic amines) is 1. The van der Waals surface area contributed by atoms with Crippen LogP contribution in [-0.2, 0) is 16.0 Å². The number of aliphatic carboxylic acids is 1. The van der Waals surface area contributed by atoms with Crippen molar-refractivity contribution in [2.75, 3.05) is 13.1 Å². The predicted molar refractivity (Wildman–Crippen MR) is 76.4 cm³/mol. The van der Waals surface area contributed by atoms with Crippen LogP contribution in [0.2, 0.25) is 0 Å². The molecule has 1 aromatic rings. The Morgan fingerprint density at radius 3 is 2.70 bits per heavy atom. The number of rotatable bonds is 4. The number of hydrogen-bond donors (Lipinski definition) is 1. The van der Waals surface area contributed by atoms with Crippen LogP contribution in [0, 0.1) is 12.3 Å². The van der Waals surface area contributed by atoms with Crippen LogP contribution in [0.3, 0.4) is 0 Å². The second-order valence-electron chi connectivity index (χ2n) is 5.67. The van der Waals surface area contributed by atoms with E-state index < -0.39 is 11.4 Å². The highest BCUT2D eigenvalue weighted by Crippen LogP contribution is 2.34. The van der Waals surface area contributed by atoms with Gasteiger partial charge in [-0.25, -0.2) is 0 Å². The summed E-state index contributed by atoms with van der Waals surface area (Å²) >= 11 is 0. The fourth-order valence-corrected chi connectivity index (χ4v) is 2.81. The molecule has 4 heteroatoms. The molecule has 1 aliphatic heterocycles. The SMILES string of the molecule is CCC1(C(=O)O)CCN(C(=O)Cc2cccc(C)c2)C1. The lowest BCUT2D eigenvalue weighted by molar-refractivity contribution is -0.148. The van der Waals surface area contributed by atoms with Crippen molar-refractivity contribution < 1.29 is 14.7 Å². The van der Waals surface area contributed by atoms with Crippen LogP contribution >= 0.6 is 0 Å². The van der Waals surface area contributed by atoms with Crippen LogP contribution in [0.4, 0.5) is 0 Å². The number of carbonyl (C=O) groups excluding carboxylic acids is 1. The van der Waals surface area contributed by atoms with Gasteiger partial charge in [0, 0.05) is 13.1 Å². The summed E-state index contributed by atoms with van der Waals surface area (Å²) in [4.78, 5) is 25.4. The van der Waals surface area contributed by atoms with Gasteiger partial charge in [-0.15, -0.1) is 0 Å². The summed E-state index contributed by atoms with van der Waals surface area (Å²) in [6, 6.07) is 7.87. The second-order valence-corrected chi connectivity index (χ2v) is 5.67. The molecule has 0 spiro atoms. The summed E-state index contributed by atoms with van der Waals surface area (Å²) in [5.41, 5.74) is 1.37. The Balaban J connectivity index is 2.03. The van der Waals surface area contributed by atoms with Gasteiger partial charge < -0.3 is 10.0 Å². The fourth-order valence-electron chi connectivity index (χ4n) is 2.81. The Morgan fingerprint density at radius 2 is 2.15 bits per heavy atom. The summed E-state index contributed by atoms with van der Waals surface area (Å²) in [5, 5.41) is 9.35. The minimum atomic E-state index is -0.786. The smallest absolute Gasteiger partial charge is 0.311 e. The van der Waals surface area contributed by atoms with Crippen molar-refractivity contribution in [2.24, 2.45) is 5.41 Å². The van der Waals surface area contributed by atoms with E-state index >= 15 is 0 Å². The Hall–Kier alpha value is -1.84. The molecule has 108 valence electrons. The van der Waals surface area contributed by atoms with E-state index in [9.17, 15) is 14.7 Å². The van der Waals surface area contributed by atoms with Crippen molar-refractivity contribution in [3.8, 4) is 0 Å². The van der Waals surface area contributed by atoms with Crippen LogP contribution in [0.1, 0.15) is 30.9 Å². The van der Waals surface area contributed by atoms with Crippen LogP contribution in [0.15, 0.2) is 24.3 Å². The zero-order valence-electron chi connectivity index (χ0n) is 12.1. The van der Waals surface area contributed by atoms with Gasteiger partial charge in [-0.05, 0) is 25.3 Å². The summed E-state index contributed by atoms with van der Waals surface area (Å²) in [6.45, 7) is 4.76. The van der Waals surface area contributed by atoms with Gasteiger partial charge in [-0.2, -0.15) is 0 Å². The first-order valence-corrected chi connectivity index (χ1v) is 7.03. The standard InChI is InChI=1S/C16H21NO3/c1-3-16(15(19)20)7-8-17(11-16)14(18)10-13-6-4-5-12(2)9-13/h4-6,9H,3,7-8,10-11H2,1-2H3,(H,19,20). The zero-order chi connectivity index (χ0) is 14.8. The van der Waals surface area contributed by atoms with Crippen molar-refractivity contribution in [1.29, 1.82) is 0 Å². The van der Waals surface area contributed by atoms with Crippen molar-refractivity contribution in [1.82, 2.24) is 4.90 Å². The molecule has 0 radical (unpaired) electrons. The molecule has 1 aliphatic rings. The monoisotopic (exact) mass is 275 g/mol. The van der Waals surface area contributed by atoms with E-state index in [2.05, 4.69) is 0 Å². The number of carbonyl (C=O) groups is 2. The molecule has 1 N–H and O–H groups in total. The molecule has 1 aromatic carbocycles. The number of benzene rings is 1. The highest BCUT2D eigenvalue weighted by Gasteiger charge is 2.44. The molecule has 1 atom stereocenters. The summed E-state index contributed by atoms with van der Waals surface area (Å²) < 4.78 is 0. The third-order valence-electron chi connectivity index (χ3n) is 4.27. The van der Waals surface area contributed by atoms with Gasteiger partial charge in [0.2, 0.25) is 5.91 Å². The zero-order valence-corrected chi connectivity index (χ0v) is 12.1. The van der Waals surface area contributed by atoms with Crippen molar-refractivity contribution in [3.63, 3.8) is 0 Å². The Kier molecular flexibility index (Phi) is 4.12. The minimum Gasteiger partial charge on any atom is -0.481 e. The van der Waals surface area contributed by atoms with Crippen LogP contribution in [-0.4, -0.2) is 35.0 Å². The van der Waals surface area contributed by atoms with Crippen LogP contribution in [0.5, 0.6) is 0 Å². The number of carboxylic acid groups (broad SMARTS) is 1. The fraction of sp³-hybridized carbons (Fsp3) is 0.500. The van der Waals surface area contributed by atoms with Gasteiger partial charge in [0.1, 0.15) is 0 Å². The average Bonchev–Trinajstić information content (AvgIpc) is 2.84. The van der Waals surface area contributed by atoms with Gasteiger partial charge in [0.15, 0.2) is 0 Å². The molecule has 0 saturated carbocycles. The van der Waals surface area contributed by atoms with Gasteiger partial charge in [0.25, 0.3) is 0 Å². The molecule has 0 bridgehead atoms. The van der Waals surface area contributed by atoms with Gasteiger partial charge in [0.05, 0.1) is 11.8 Å². The van der Waals surface area contributed by atoms with E-state index in [1.165, 1.54) is 0 Å². The van der Waals surface area contributed by atoms with Crippen LogP contribution < -0.4 is 0 Å². The van der Waals surface area contributed by atoms with E-state index in [4.69, 9.17) is 0 Å². The van der Waals surface area contributed by atoms with Gasteiger partial charge in [-0.1, -0.05) is 36.8 Å². The Bertz CT molecular complexity index is 526. The number of carboxylic acids is 1. The Labute approximate surface area is 119 Å². The van der Waals surface area contributed by atoms with Crippen molar-refractivity contribution in [3.05, 3.63) is 35.4 Å². The molecular formula is C16H21NO3. The molecule has 20 heavy (non-hydrogen) atoms. The maximum atomic E-state index is 12.3. The predicted octanol–water partition coefficient (Wildman–Crippen LogP) is 2.25. The third kappa shape index (κ3) is 2.84. The molecule has 1 unspecified atom stereocenters. The number of aryl methyl sites for hydroxylation is 1. The van der Waals surface area contributed by atoms with Crippen molar-refractivity contribution in [2.45, 2.75) is 33.1 Å². The lowest BCUT2D eigenvalue weighted by atomic mass is 9.84. The number of nitrogens with zero attached hydrogens (tertiary/aromatic N) is 1. The highest BCUT2D eigenvalue weighted by molar-refractivity contribution is 5.82. The summed E-state index contributed by atoms with van der Waals surface area (Å²) in [6.07, 6.45) is 1.47. The maximum absolute atomic E-state index is 12.3. The molecule has 1 amide bonds. The van der Waals surface area contributed by atoms with E-state index in [0.717, 1.165) is 11.1 Å². The lowest BCUT2D eigenvalue weighted by Gasteiger charge is -2.23. The molecule has 0 aliphatic carbocycles. The van der Waals surface area contributed by atoms with Gasteiger partial charge in [-0.3, -0.25) is 9.59 Å². The summed E-state index contributed by atoms with van der Waals surface area (Å²) in [7, 11) is 0. The Morgan fingerprint density at radius 1 is 1.40 bits per heavy atom. The number of amides is 1. The third-order valence-corrected chi connectivity index (χ3v) is 4.27. The second kappa shape index (κ2) is 5.65. The first-order valence-electron chi connectivity index (χ1n) is 7.03. The molecular weight excluding hydrogens is 254 g/mol. The first-order chi connectivity index (χ1) is 9.47. The molecule has 2 rings (SSSR count). The largest absolute Gasteiger partial charge is 0.481 e. The maximum Gasteiger partial charge on any atom is 0.311 e. The minimum absolute atomic E-state index is 0.0205. The number of hydrogen-bond acceptors (Lipinski definition) is 2. The molecule has 0 aromatic heterocycles. The topological polar surface area (TPSA) is 57.6 Å². The van der Waals surface area contributed by atoms with Gasteiger partial charge >= 0.3 is 5.97 Å². The first kappa shape index (κ1) is 14.6. The van der Waals surface area contributed by atoms with E-state index in [0.29, 0.717) is 32.4 Å². The normalized spacial score (nSPS) is 22.0. The lowest BCUT2D eigenvalue weighted by Crippen LogP contribution is -2.37. The van der Waals surface area contributed by atoms with Crippen molar-refractivity contribution >= 4 is 11.9 Å². The molecule has 1 heterocycles. The molecule has 1 fully saturated rings. The van der Waals surface area contributed by atoms with Crippen LogP contribution in [0.25, 0.3) is 0 Å². The summed E-state index contributed by atoms with van der Waals surface area (Å²) in [5.74, 6) is -0.766. The van der Waals surface area contributed by atoms with E-state index in [1.54, 1.807) is 4.90 Å². The quantitative estimate of drug-likeness (QED) is 0.917. The molecule has 1 saturated heterocycles.